The average molecular weight is 299 g/mol. The summed E-state index contributed by atoms with van der Waals surface area (Å²) in [5.41, 5.74) is 4.97. The zero-order valence-corrected chi connectivity index (χ0v) is 11.8. The van der Waals surface area contributed by atoms with Crippen LogP contribution in [-0.4, -0.2) is 53.3 Å². The average Bonchev–Trinajstić information content (AvgIpc) is 2.90. The minimum absolute atomic E-state index is 0.0147. The zero-order chi connectivity index (χ0) is 15.8. The first-order chi connectivity index (χ1) is 9.90. The van der Waals surface area contributed by atoms with Crippen LogP contribution in [0.25, 0.3) is 0 Å². The van der Waals surface area contributed by atoms with Gasteiger partial charge in [0.1, 0.15) is 6.54 Å². The van der Waals surface area contributed by atoms with Gasteiger partial charge in [0.25, 0.3) is 0 Å². The predicted octanol–water partition coefficient (Wildman–Crippen LogP) is -0.919. The summed E-state index contributed by atoms with van der Waals surface area (Å²) in [6.45, 7) is -0.900. The Morgan fingerprint density at radius 3 is 2.29 bits per heavy atom. The van der Waals surface area contributed by atoms with E-state index in [0.29, 0.717) is 0 Å². The Labute approximate surface area is 122 Å². The Hall–Kier alpha value is -2.12. The van der Waals surface area contributed by atoms with Crippen LogP contribution in [0.4, 0.5) is 0 Å². The van der Waals surface area contributed by atoms with Crippen molar-refractivity contribution in [2.24, 2.45) is 11.7 Å². The Balaban J connectivity index is 2.36. The predicted molar refractivity (Wildman–Crippen MR) is 73.0 cm³/mol. The largest absolute Gasteiger partial charge is 0.480 e. The van der Waals surface area contributed by atoms with Gasteiger partial charge in [-0.3, -0.25) is 19.2 Å². The van der Waals surface area contributed by atoms with Crippen LogP contribution in [0.1, 0.15) is 32.1 Å². The SMILES string of the molecule is NC(=O)CN(CC(=O)O)C(=O)CCNC(=O)C1CCCC1. The number of nitrogens with zero attached hydrogens (tertiary/aromatic N) is 1. The van der Waals surface area contributed by atoms with Gasteiger partial charge in [0.2, 0.25) is 17.7 Å². The van der Waals surface area contributed by atoms with E-state index in [1.807, 2.05) is 0 Å². The number of carbonyl (C=O) groups is 4. The molecule has 3 amide bonds. The highest BCUT2D eigenvalue weighted by molar-refractivity contribution is 5.87. The molecule has 0 aromatic rings. The van der Waals surface area contributed by atoms with Gasteiger partial charge in [0, 0.05) is 18.9 Å². The van der Waals surface area contributed by atoms with Crippen LogP contribution in [0.15, 0.2) is 0 Å². The number of hydrogen-bond acceptors (Lipinski definition) is 4. The van der Waals surface area contributed by atoms with Crippen molar-refractivity contribution in [3.63, 3.8) is 0 Å². The molecule has 0 radical (unpaired) electrons. The minimum Gasteiger partial charge on any atom is -0.480 e. The molecule has 1 fully saturated rings. The smallest absolute Gasteiger partial charge is 0.323 e. The molecule has 1 saturated carbocycles. The van der Waals surface area contributed by atoms with Crippen molar-refractivity contribution in [1.29, 1.82) is 0 Å². The van der Waals surface area contributed by atoms with Crippen molar-refractivity contribution < 1.29 is 24.3 Å². The summed E-state index contributed by atoms with van der Waals surface area (Å²) in [4.78, 5) is 45.9. The Bertz CT molecular complexity index is 402. The summed E-state index contributed by atoms with van der Waals surface area (Å²) in [5.74, 6) is -2.58. The van der Waals surface area contributed by atoms with Gasteiger partial charge < -0.3 is 21.1 Å². The lowest BCUT2D eigenvalue weighted by atomic mass is 10.1. The Morgan fingerprint density at radius 2 is 1.76 bits per heavy atom. The van der Waals surface area contributed by atoms with Crippen LogP contribution < -0.4 is 11.1 Å². The van der Waals surface area contributed by atoms with Crippen LogP contribution in [-0.2, 0) is 19.2 Å². The second-order valence-corrected chi connectivity index (χ2v) is 5.13. The van der Waals surface area contributed by atoms with Gasteiger partial charge in [-0.1, -0.05) is 12.8 Å². The van der Waals surface area contributed by atoms with Crippen molar-refractivity contribution in [2.75, 3.05) is 19.6 Å². The molecule has 0 aliphatic heterocycles. The summed E-state index contributed by atoms with van der Waals surface area (Å²) in [7, 11) is 0. The molecule has 8 nitrogen and oxygen atoms in total. The molecule has 0 atom stereocenters. The lowest BCUT2D eigenvalue weighted by Gasteiger charge is -2.19. The number of primary amides is 1. The van der Waals surface area contributed by atoms with Gasteiger partial charge in [0.05, 0.1) is 6.54 Å². The quantitative estimate of drug-likeness (QED) is 0.533. The molecule has 1 rings (SSSR count). The number of aliphatic carboxylic acids is 1. The summed E-state index contributed by atoms with van der Waals surface area (Å²) in [6.07, 6.45) is 3.77. The maximum absolute atomic E-state index is 11.8. The van der Waals surface area contributed by atoms with E-state index in [1.54, 1.807) is 0 Å². The summed E-state index contributed by atoms with van der Waals surface area (Å²) >= 11 is 0. The number of nitrogens with one attached hydrogen (secondary N) is 1. The number of carbonyl (C=O) groups excluding carboxylic acids is 3. The van der Waals surface area contributed by atoms with E-state index in [0.717, 1.165) is 30.6 Å². The molecule has 0 unspecified atom stereocenters. The van der Waals surface area contributed by atoms with Crippen molar-refractivity contribution in [1.82, 2.24) is 10.2 Å². The van der Waals surface area contributed by atoms with E-state index in [2.05, 4.69) is 5.32 Å². The van der Waals surface area contributed by atoms with Crippen LogP contribution in [0.3, 0.4) is 0 Å². The highest BCUT2D eigenvalue weighted by Gasteiger charge is 2.23. The van der Waals surface area contributed by atoms with Gasteiger partial charge in [-0.15, -0.1) is 0 Å². The maximum Gasteiger partial charge on any atom is 0.323 e. The monoisotopic (exact) mass is 299 g/mol. The summed E-state index contributed by atoms with van der Waals surface area (Å²) in [6, 6.07) is 0. The number of carboxylic acids is 1. The molecule has 0 aromatic carbocycles. The number of nitrogens with two attached hydrogens (primary N) is 1. The molecule has 118 valence electrons. The van der Waals surface area contributed by atoms with E-state index >= 15 is 0 Å². The third-order valence-corrected chi connectivity index (χ3v) is 3.39. The molecule has 4 N–H and O–H groups in total. The molecular formula is C13H21N3O5. The first kappa shape index (κ1) is 16.9. The fraction of sp³-hybridized carbons (Fsp3) is 0.692. The molecule has 0 spiro atoms. The topological polar surface area (TPSA) is 130 Å². The van der Waals surface area contributed by atoms with Gasteiger partial charge >= 0.3 is 5.97 Å². The first-order valence-electron chi connectivity index (χ1n) is 6.95. The fourth-order valence-electron chi connectivity index (χ4n) is 2.37. The molecule has 0 aromatic heterocycles. The van der Waals surface area contributed by atoms with Crippen LogP contribution in [0, 0.1) is 5.92 Å². The van der Waals surface area contributed by atoms with Crippen molar-refractivity contribution in [3.8, 4) is 0 Å². The van der Waals surface area contributed by atoms with E-state index in [4.69, 9.17) is 10.8 Å². The maximum atomic E-state index is 11.8. The van der Waals surface area contributed by atoms with Crippen LogP contribution in [0.5, 0.6) is 0 Å². The summed E-state index contributed by atoms with van der Waals surface area (Å²) < 4.78 is 0. The summed E-state index contributed by atoms with van der Waals surface area (Å²) in [5, 5.41) is 11.4. The molecule has 1 aliphatic carbocycles. The minimum atomic E-state index is -1.22. The molecule has 0 saturated heterocycles. The van der Waals surface area contributed by atoms with Crippen molar-refractivity contribution in [3.05, 3.63) is 0 Å². The first-order valence-corrected chi connectivity index (χ1v) is 6.95. The number of amides is 3. The number of hydrogen-bond donors (Lipinski definition) is 3. The Morgan fingerprint density at radius 1 is 1.14 bits per heavy atom. The molecule has 1 aliphatic rings. The Kier molecular flexibility index (Phi) is 6.64. The van der Waals surface area contributed by atoms with E-state index < -0.39 is 30.9 Å². The lowest BCUT2D eigenvalue weighted by molar-refractivity contribution is -0.145. The van der Waals surface area contributed by atoms with Gasteiger partial charge in [-0.2, -0.15) is 0 Å². The second-order valence-electron chi connectivity index (χ2n) is 5.13. The third kappa shape index (κ3) is 6.24. The lowest BCUT2D eigenvalue weighted by Crippen LogP contribution is -2.43. The van der Waals surface area contributed by atoms with E-state index in [9.17, 15) is 19.2 Å². The second kappa shape index (κ2) is 8.23. The van der Waals surface area contributed by atoms with Crippen LogP contribution in [0.2, 0.25) is 0 Å². The normalized spacial score (nSPS) is 14.7. The molecule has 21 heavy (non-hydrogen) atoms. The third-order valence-electron chi connectivity index (χ3n) is 3.39. The highest BCUT2D eigenvalue weighted by Crippen LogP contribution is 2.24. The van der Waals surface area contributed by atoms with E-state index in [1.165, 1.54) is 0 Å². The molecular weight excluding hydrogens is 278 g/mol. The highest BCUT2D eigenvalue weighted by atomic mass is 16.4. The van der Waals surface area contributed by atoms with Gasteiger partial charge in [-0.05, 0) is 12.8 Å². The molecule has 0 heterocycles. The van der Waals surface area contributed by atoms with Gasteiger partial charge in [0.15, 0.2) is 0 Å². The fourth-order valence-corrected chi connectivity index (χ4v) is 2.37. The van der Waals surface area contributed by atoms with Gasteiger partial charge in [-0.25, -0.2) is 0 Å². The van der Waals surface area contributed by atoms with E-state index in [-0.39, 0.29) is 24.8 Å². The van der Waals surface area contributed by atoms with Crippen molar-refractivity contribution in [2.45, 2.75) is 32.1 Å². The number of carboxylic acid groups (broad SMARTS) is 1. The van der Waals surface area contributed by atoms with Crippen molar-refractivity contribution >= 4 is 23.7 Å². The zero-order valence-electron chi connectivity index (χ0n) is 11.8. The molecule has 8 heteroatoms. The van der Waals surface area contributed by atoms with Crippen LogP contribution >= 0.6 is 0 Å². The number of rotatable bonds is 8. The molecule has 0 bridgehead atoms. The standard InChI is InChI=1S/C13H21N3O5/c14-10(17)7-16(8-12(19)20)11(18)5-6-15-13(21)9-3-1-2-4-9/h9H,1-8H2,(H2,14,17)(H,15,21)(H,19,20).